The second-order valence-corrected chi connectivity index (χ2v) is 6.41. The molecule has 2 aromatic heterocycles. The molecule has 3 aromatic rings. The average molecular weight is 375 g/mol. The van der Waals surface area contributed by atoms with Gasteiger partial charge in [0, 0.05) is 29.0 Å². The number of hydrogen-bond donors (Lipinski definition) is 2. The topological polar surface area (TPSA) is 63.0 Å². The van der Waals surface area contributed by atoms with Crippen LogP contribution in [0.1, 0.15) is 17.7 Å². The second kappa shape index (κ2) is 6.68. The number of anilines is 2. The lowest BCUT2D eigenvalue weighted by atomic mass is 10.2. The molecule has 0 aliphatic rings. The van der Waals surface area contributed by atoms with Gasteiger partial charge in [0.1, 0.15) is 17.8 Å². The van der Waals surface area contributed by atoms with Gasteiger partial charge in [-0.05, 0) is 50.1 Å². The third kappa shape index (κ3) is 3.09. The molecule has 120 valence electrons. The molecule has 6 heteroatoms. The number of aliphatic hydroxyl groups is 1. The molecular formula is C17H19BrN4O. The van der Waals surface area contributed by atoms with Gasteiger partial charge < -0.3 is 15.0 Å². The van der Waals surface area contributed by atoms with Gasteiger partial charge in [-0.2, -0.15) is 0 Å². The van der Waals surface area contributed by atoms with Crippen LogP contribution in [-0.4, -0.2) is 26.2 Å². The van der Waals surface area contributed by atoms with E-state index in [2.05, 4.69) is 49.6 Å². The van der Waals surface area contributed by atoms with Gasteiger partial charge in [0.15, 0.2) is 0 Å². The number of aryl methyl sites for hydroxylation is 2. The molecule has 5 nitrogen and oxygen atoms in total. The van der Waals surface area contributed by atoms with E-state index in [9.17, 15) is 0 Å². The predicted octanol–water partition coefficient (Wildman–Crippen LogP) is 3.94. The zero-order valence-electron chi connectivity index (χ0n) is 13.2. The molecule has 0 bridgehead atoms. The molecule has 0 unspecified atom stereocenters. The Labute approximate surface area is 143 Å². The number of aliphatic hydroxyl groups excluding tert-OH is 1. The van der Waals surface area contributed by atoms with Gasteiger partial charge >= 0.3 is 0 Å². The molecule has 2 heterocycles. The third-order valence-electron chi connectivity index (χ3n) is 4.05. The van der Waals surface area contributed by atoms with Crippen molar-refractivity contribution in [2.75, 3.05) is 11.9 Å². The first-order valence-corrected chi connectivity index (χ1v) is 8.35. The Balaban J connectivity index is 2.06. The summed E-state index contributed by atoms with van der Waals surface area (Å²) in [4.78, 5) is 8.88. The molecule has 0 radical (unpaired) electrons. The fourth-order valence-corrected chi connectivity index (χ4v) is 3.00. The van der Waals surface area contributed by atoms with Gasteiger partial charge in [-0.15, -0.1) is 0 Å². The molecule has 1 aromatic carbocycles. The number of halogens is 1. The Bertz CT molecular complexity index is 827. The van der Waals surface area contributed by atoms with Crippen molar-refractivity contribution in [3.63, 3.8) is 0 Å². The van der Waals surface area contributed by atoms with Crippen molar-refractivity contribution >= 4 is 38.5 Å². The number of hydrogen-bond acceptors (Lipinski definition) is 4. The number of fused-ring (bicyclic) bond motifs is 1. The molecule has 0 atom stereocenters. The Morgan fingerprint density at radius 3 is 2.61 bits per heavy atom. The van der Waals surface area contributed by atoms with Gasteiger partial charge in [0.25, 0.3) is 0 Å². The number of nitrogens with zero attached hydrogens (tertiary/aromatic N) is 3. The van der Waals surface area contributed by atoms with Crippen molar-refractivity contribution in [2.24, 2.45) is 0 Å². The minimum absolute atomic E-state index is 0.174. The summed E-state index contributed by atoms with van der Waals surface area (Å²) in [6.45, 7) is 5.09. The SMILES string of the molecule is Cc1c(C)n(CCCO)c2ncnc(Nc3ccc(Br)cc3)c12. The molecule has 23 heavy (non-hydrogen) atoms. The van der Waals surface area contributed by atoms with E-state index in [1.807, 2.05) is 24.3 Å². The van der Waals surface area contributed by atoms with E-state index in [0.717, 1.165) is 44.8 Å². The lowest BCUT2D eigenvalue weighted by Crippen LogP contribution is -2.03. The Morgan fingerprint density at radius 1 is 1.17 bits per heavy atom. The first-order valence-electron chi connectivity index (χ1n) is 7.55. The number of nitrogens with one attached hydrogen (secondary N) is 1. The van der Waals surface area contributed by atoms with E-state index < -0.39 is 0 Å². The van der Waals surface area contributed by atoms with Crippen LogP contribution in [0.3, 0.4) is 0 Å². The van der Waals surface area contributed by atoms with Gasteiger partial charge in [-0.1, -0.05) is 15.9 Å². The molecule has 3 rings (SSSR count). The van der Waals surface area contributed by atoms with Crippen LogP contribution >= 0.6 is 15.9 Å². The van der Waals surface area contributed by atoms with Crippen molar-refractivity contribution in [1.29, 1.82) is 0 Å². The van der Waals surface area contributed by atoms with Crippen molar-refractivity contribution in [2.45, 2.75) is 26.8 Å². The molecule has 2 N–H and O–H groups in total. The monoisotopic (exact) mass is 374 g/mol. The van der Waals surface area contributed by atoms with Crippen molar-refractivity contribution in [3.05, 3.63) is 46.3 Å². The zero-order valence-corrected chi connectivity index (χ0v) is 14.8. The van der Waals surface area contributed by atoms with E-state index in [1.54, 1.807) is 6.33 Å². The minimum Gasteiger partial charge on any atom is -0.396 e. The summed E-state index contributed by atoms with van der Waals surface area (Å²) < 4.78 is 3.19. The molecular weight excluding hydrogens is 356 g/mol. The number of benzene rings is 1. The summed E-state index contributed by atoms with van der Waals surface area (Å²) in [5.41, 5.74) is 4.21. The lowest BCUT2D eigenvalue weighted by molar-refractivity contribution is 0.280. The van der Waals surface area contributed by atoms with Crippen molar-refractivity contribution < 1.29 is 5.11 Å². The molecule has 0 fully saturated rings. The molecule has 0 spiro atoms. The lowest BCUT2D eigenvalue weighted by Gasteiger charge is -2.08. The van der Waals surface area contributed by atoms with E-state index in [1.165, 1.54) is 0 Å². The maximum atomic E-state index is 9.11. The maximum absolute atomic E-state index is 9.11. The highest BCUT2D eigenvalue weighted by molar-refractivity contribution is 9.10. The van der Waals surface area contributed by atoms with Crippen LogP contribution in [0.4, 0.5) is 11.5 Å². The quantitative estimate of drug-likeness (QED) is 0.709. The smallest absolute Gasteiger partial charge is 0.145 e. The largest absolute Gasteiger partial charge is 0.396 e. The van der Waals surface area contributed by atoms with Crippen LogP contribution in [0.25, 0.3) is 11.0 Å². The van der Waals surface area contributed by atoms with Gasteiger partial charge in [-0.3, -0.25) is 0 Å². The summed E-state index contributed by atoms with van der Waals surface area (Å²) in [7, 11) is 0. The third-order valence-corrected chi connectivity index (χ3v) is 4.58. The second-order valence-electron chi connectivity index (χ2n) is 5.49. The highest BCUT2D eigenvalue weighted by atomic mass is 79.9. The molecule has 0 aliphatic carbocycles. The summed E-state index contributed by atoms with van der Waals surface area (Å²) in [5.74, 6) is 0.806. The highest BCUT2D eigenvalue weighted by Gasteiger charge is 2.16. The fraction of sp³-hybridized carbons (Fsp3) is 0.294. The van der Waals surface area contributed by atoms with Crippen LogP contribution in [0.2, 0.25) is 0 Å². The van der Waals surface area contributed by atoms with E-state index in [0.29, 0.717) is 6.42 Å². The molecule has 0 saturated heterocycles. The van der Waals surface area contributed by atoms with Crippen molar-refractivity contribution in [3.8, 4) is 0 Å². The Kier molecular flexibility index (Phi) is 4.63. The summed E-state index contributed by atoms with van der Waals surface area (Å²) >= 11 is 3.44. The van der Waals surface area contributed by atoms with Crippen LogP contribution in [-0.2, 0) is 6.54 Å². The number of aromatic nitrogens is 3. The van der Waals surface area contributed by atoms with Crippen LogP contribution in [0.15, 0.2) is 35.1 Å². The molecule has 0 amide bonds. The minimum atomic E-state index is 0.174. The average Bonchev–Trinajstić information content (AvgIpc) is 2.80. The summed E-state index contributed by atoms with van der Waals surface area (Å²) in [6, 6.07) is 7.99. The van der Waals surface area contributed by atoms with Crippen molar-refractivity contribution in [1.82, 2.24) is 14.5 Å². The van der Waals surface area contributed by atoms with Gasteiger partial charge in [0.05, 0.1) is 5.39 Å². The first kappa shape index (κ1) is 16.0. The normalized spacial score (nSPS) is 11.1. The summed E-state index contributed by atoms with van der Waals surface area (Å²) in [5, 5.41) is 13.5. The fourth-order valence-electron chi connectivity index (χ4n) is 2.74. The molecule has 0 saturated carbocycles. The van der Waals surface area contributed by atoms with E-state index in [-0.39, 0.29) is 6.61 Å². The van der Waals surface area contributed by atoms with Crippen LogP contribution in [0.5, 0.6) is 0 Å². The van der Waals surface area contributed by atoms with Crippen LogP contribution < -0.4 is 5.32 Å². The van der Waals surface area contributed by atoms with E-state index in [4.69, 9.17) is 5.11 Å². The first-order chi connectivity index (χ1) is 11.1. The summed E-state index contributed by atoms with van der Waals surface area (Å²) in [6.07, 6.45) is 2.29. The maximum Gasteiger partial charge on any atom is 0.145 e. The number of rotatable bonds is 5. The Morgan fingerprint density at radius 2 is 1.91 bits per heavy atom. The van der Waals surface area contributed by atoms with E-state index >= 15 is 0 Å². The highest BCUT2D eigenvalue weighted by Crippen LogP contribution is 2.30. The Hall–Kier alpha value is -1.92. The van der Waals surface area contributed by atoms with Gasteiger partial charge in [0.2, 0.25) is 0 Å². The molecule has 0 aliphatic heterocycles. The predicted molar refractivity (Wildman–Crippen MR) is 96.1 cm³/mol. The van der Waals surface area contributed by atoms with Gasteiger partial charge in [-0.25, -0.2) is 9.97 Å². The standard InChI is InChI=1S/C17H19BrN4O/c1-11-12(2)22(8-3-9-23)17-15(11)16(19-10-20-17)21-14-6-4-13(18)5-7-14/h4-7,10,23H,3,8-9H2,1-2H3,(H,19,20,21). The van der Waals surface area contributed by atoms with Crippen LogP contribution in [0, 0.1) is 13.8 Å². The zero-order chi connectivity index (χ0) is 16.4.